The van der Waals surface area contributed by atoms with Crippen molar-refractivity contribution in [3.63, 3.8) is 0 Å². The van der Waals surface area contributed by atoms with Gasteiger partial charge in [0.15, 0.2) is 0 Å². The molecule has 0 bridgehead atoms. The molecule has 0 aromatic rings. The maximum atomic E-state index is 12.1. The maximum Gasteiger partial charge on any atom is 0.390 e. The first-order valence-electron chi connectivity index (χ1n) is 8.16. The van der Waals surface area contributed by atoms with Crippen molar-refractivity contribution in [1.29, 1.82) is 0 Å². The standard InChI is InChI=1S/C16H30F3I/c1-2-3-4-5-6-7-8-9-10-11-12-13-15(20)14-16(17,18)19/h15H,2-14H2,1H3. The first-order chi connectivity index (χ1) is 9.45. The fraction of sp³-hybridized carbons (Fsp3) is 1.00. The summed E-state index contributed by atoms with van der Waals surface area (Å²) in [5.41, 5.74) is 0. The first kappa shape index (κ1) is 20.5. The number of unbranched alkanes of at least 4 members (excludes halogenated alkanes) is 10. The molecular formula is C16H30F3I. The van der Waals surface area contributed by atoms with Crippen molar-refractivity contribution >= 4 is 22.6 Å². The minimum absolute atomic E-state index is 0.244. The summed E-state index contributed by atoms with van der Waals surface area (Å²) >= 11 is 1.94. The topological polar surface area (TPSA) is 0 Å². The van der Waals surface area contributed by atoms with Gasteiger partial charge in [0.2, 0.25) is 0 Å². The van der Waals surface area contributed by atoms with Crippen molar-refractivity contribution in [3.8, 4) is 0 Å². The molecule has 0 spiro atoms. The third kappa shape index (κ3) is 16.6. The molecule has 0 rings (SSSR count). The summed E-state index contributed by atoms with van der Waals surface area (Å²) in [7, 11) is 0. The minimum Gasteiger partial charge on any atom is -0.171 e. The largest absolute Gasteiger partial charge is 0.390 e. The van der Waals surface area contributed by atoms with Gasteiger partial charge in [0, 0.05) is 3.92 Å². The first-order valence-corrected chi connectivity index (χ1v) is 9.41. The van der Waals surface area contributed by atoms with Crippen molar-refractivity contribution in [2.45, 2.75) is 100 Å². The van der Waals surface area contributed by atoms with Crippen molar-refractivity contribution in [3.05, 3.63) is 0 Å². The van der Waals surface area contributed by atoms with Gasteiger partial charge in [-0.25, -0.2) is 0 Å². The number of hydrogen-bond acceptors (Lipinski definition) is 0. The molecule has 122 valence electrons. The third-order valence-corrected chi connectivity index (χ3v) is 4.64. The SMILES string of the molecule is CCCCCCCCCCCCCC(I)CC(F)(F)F. The Morgan fingerprint density at radius 2 is 1.15 bits per heavy atom. The number of rotatable bonds is 13. The predicted octanol–water partition coefficient (Wildman–Crippen LogP) is 7.44. The van der Waals surface area contributed by atoms with E-state index in [2.05, 4.69) is 6.92 Å². The van der Waals surface area contributed by atoms with Crippen molar-refractivity contribution in [2.75, 3.05) is 0 Å². The second-order valence-electron chi connectivity index (χ2n) is 5.74. The minimum atomic E-state index is -4.00. The molecule has 0 aromatic carbocycles. The van der Waals surface area contributed by atoms with Gasteiger partial charge >= 0.3 is 6.18 Å². The van der Waals surface area contributed by atoms with E-state index in [0.29, 0.717) is 6.42 Å². The molecular weight excluding hydrogens is 376 g/mol. The van der Waals surface area contributed by atoms with Crippen LogP contribution in [0.3, 0.4) is 0 Å². The number of hydrogen-bond donors (Lipinski definition) is 0. The summed E-state index contributed by atoms with van der Waals surface area (Å²) in [5, 5.41) is 0. The smallest absolute Gasteiger partial charge is 0.171 e. The molecule has 0 amide bonds. The van der Waals surface area contributed by atoms with E-state index in [1.54, 1.807) is 0 Å². The zero-order valence-electron chi connectivity index (χ0n) is 12.8. The van der Waals surface area contributed by atoms with E-state index >= 15 is 0 Å². The molecule has 0 aliphatic heterocycles. The van der Waals surface area contributed by atoms with Gasteiger partial charge in [-0.1, -0.05) is 100 Å². The highest BCUT2D eigenvalue weighted by molar-refractivity contribution is 14.1. The fourth-order valence-electron chi connectivity index (χ4n) is 2.38. The molecule has 0 nitrogen and oxygen atoms in total. The second-order valence-corrected chi connectivity index (χ2v) is 7.50. The van der Waals surface area contributed by atoms with Gasteiger partial charge < -0.3 is 0 Å². The summed E-state index contributed by atoms with van der Waals surface area (Å²) in [6, 6.07) is 0. The summed E-state index contributed by atoms with van der Waals surface area (Å²) in [4.78, 5) is 0. The molecule has 1 unspecified atom stereocenters. The molecule has 0 saturated heterocycles. The van der Waals surface area contributed by atoms with Gasteiger partial charge in [0.05, 0.1) is 6.42 Å². The molecule has 4 heteroatoms. The van der Waals surface area contributed by atoms with Gasteiger partial charge in [0.25, 0.3) is 0 Å². The highest BCUT2D eigenvalue weighted by atomic mass is 127. The van der Waals surface area contributed by atoms with Gasteiger partial charge in [-0.2, -0.15) is 13.2 Å². The summed E-state index contributed by atoms with van der Waals surface area (Å²) < 4.78 is 36.1. The Labute approximate surface area is 136 Å². The van der Waals surface area contributed by atoms with Crippen LogP contribution in [0.1, 0.15) is 90.4 Å². The zero-order valence-corrected chi connectivity index (χ0v) is 14.9. The molecule has 0 aliphatic rings. The highest BCUT2D eigenvalue weighted by Crippen LogP contribution is 2.28. The Kier molecular flexibility index (Phi) is 13.5. The Balaban J connectivity index is 3.17. The van der Waals surface area contributed by atoms with Crippen LogP contribution >= 0.6 is 22.6 Å². The Hall–Kier alpha value is 0.520. The van der Waals surface area contributed by atoms with Crippen molar-refractivity contribution in [1.82, 2.24) is 0 Å². The van der Waals surface area contributed by atoms with Gasteiger partial charge in [-0.15, -0.1) is 0 Å². The van der Waals surface area contributed by atoms with E-state index in [0.717, 1.165) is 12.8 Å². The normalized spacial score (nSPS) is 13.7. The quantitative estimate of drug-likeness (QED) is 0.169. The van der Waals surface area contributed by atoms with Gasteiger partial charge in [-0.05, 0) is 6.42 Å². The van der Waals surface area contributed by atoms with E-state index < -0.39 is 12.6 Å². The predicted molar refractivity (Wildman–Crippen MR) is 89.6 cm³/mol. The van der Waals surface area contributed by atoms with Crippen molar-refractivity contribution in [2.24, 2.45) is 0 Å². The lowest BCUT2D eigenvalue weighted by molar-refractivity contribution is -0.133. The molecule has 1 atom stereocenters. The molecule has 0 heterocycles. The van der Waals surface area contributed by atoms with E-state index in [1.165, 1.54) is 57.8 Å². The van der Waals surface area contributed by atoms with Crippen LogP contribution in [-0.4, -0.2) is 10.1 Å². The molecule has 0 aromatic heterocycles. The fourth-order valence-corrected chi connectivity index (χ4v) is 3.32. The molecule has 0 saturated carbocycles. The molecule has 0 N–H and O–H groups in total. The van der Waals surface area contributed by atoms with Gasteiger partial charge in [0.1, 0.15) is 0 Å². The summed E-state index contributed by atoms with van der Waals surface area (Å²) in [5.74, 6) is 0. The van der Waals surface area contributed by atoms with E-state index in [4.69, 9.17) is 0 Å². The molecule has 0 fully saturated rings. The van der Waals surface area contributed by atoms with Crippen LogP contribution in [0.2, 0.25) is 0 Å². The summed E-state index contributed by atoms with van der Waals surface area (Å²) in [6.07, 6.45) is 9.90. The highest BCUT2D eigenvalue weighted by Gasteiger charge is 2.30. The van der Waals surface area contributed by atoms with Crippen molar-refractivity contribution < 1.29 is 13.2 Å². The van der Waals surface area contributed by atoms with Crippen LogP contribution < -0.4 is 0 Å². The molecule has 20 heavy (non-hydrogen) atoms. The average molecular weight is 406 g/mol. The Morgan fingerprint density at radius 1 is 0.750 bits per heavy atom. The van der Waals surface area contributed by atoms with Crippen LogP contribution in [0.4, 0.5) is 13.2 Å². The number of halogens is 4. The van der Waals surface area contributed by atoms with Gasteiger partial charge in [-0.3, -0.25) is 0 Å². The lowest BCUT2D eigenvalue weighted by atomic mass is 10.0. The lowest BCUT2D eigenvalue weighted by Gasteiger charge is -2.12. The third-order valence-electron chi connectivity index (χ3n) is 3.57. The van der Waals surface area contributed by atoms with E-state index in [9.17, 15) is 13.2 Å². The van der Waals surface area contributed by atoms with Crippen LogP contribution in [0, 0.1) is 0 Å². The van der Waals surface area contributed by atoms with E-state index in [-0.39, 0.29) is 3.92 Å². The zero-order chi connectivity index (χ0) is 15.3. The molecule has 0 radical (unpaired) electrons. The number of alkyl halides is 4. The monoisotopic (exact) mass is 406 g/mol. The van der Waals surface area contributed by atoms with Crippen LogP contribution in [0.25, 0.3) is 0 Å². The Morgan fingerprint density at radius 3 is 1.55 bits per heavy atom. The second kappa shape index (κ2) is 13.2. The summed E-state index contributed by atoms with van der Waals surface area (Å²) in [6.45, 7) is 2.23. The van der Waals surface area contributed by atoms with Crippen LogP contribution in [0.5, 0.6) is 0 Å². The van der Waals surface area contributed by atoms with Crippen LogP contribution in [0.15, 0.2) is 0 Å². The van der Waals surface area contributed by atoms with E-state index in [1.807, 2.05) is 22.6 Å². The molecule has 0 aliphatic carbocycles. The lowest BCUT2D eigenvalue weighted by Crippen LogP contribution is -2.14. The van der Waals surface area contributed by atoms with Crippen LogP contribution in [-0.2, 0) is 0 Å². The Bertz CT molecular complexity index is 204. The average Bonchev–Trinajstić information content (AvgIpc) is 2.34. The maximum absolute atomic E-state index is 12.1.